The number of aromatic nitrogens is 1. The fraction of sp³-hybridized carbons (Fsp3) is 0.0909. The molecule has 4 nitrogen and oxygen atoms in total. The second-order valence-electron chi connectivity index (χ2n) is 3.19. The maximum absolute atomic E-state index is 11.5. The van der Waals surface area contributed by atoms with Crippen molar-refractivity contribution in [3.05, 3.63) is 40.7 Å². The number of fused-ring (bicyclic) bond motifs is 1. The Kier molecular flexibility index (Phi) is 2.25. The van der Waals surface area contributed by atoms with Crippen LogP contribution in [0.4, 0.5) is 0 Å². The Balaban J connectivity index is 2.84. The van der Waals surface area contributed by atoms with Crippen molar-refractivity contribution in [1.82, 2.24) is 4.57 Å². The first-order valence-electron chi connectivity index (χ1n) is 4.48. The van der Waals surface area contributed by atoms with E-state index in [0.29, 0.717) is 11.8 Å². The third-order valence-electron chi connectivity index (χ3n) is 2.23. The molecule has 0 radical (unpaired) electrons. The third-order valence-corrected chi connectivity index (χ3v) is 2.23. The van der Waals surface area contributed by atoms with Crippen molar-refractivity contribution in [2.24, 2.45) is 0 Å². The molecule has 0 aliphatic carbocycles. The Labute approximate surface area is 85.4 Å². The van der Waals surface area contributed by atoms with Gasteiger partial charge in [0.15, 0.2) is 0 Å². The number of hydrogen-bond acceptors (Lipinski definition) is 3. The van der Waals surface area contributed by atoms with E-state index in [0.717, 1.165) is 5.39 Å². The summed E-state index contributed by atoms with van der Waals surface area (Å²) in [5, 5.41) is 10.1. The number of hydrogen-bond donors (Lipinski definition) is 1. The molecule has 0 saturated heterocycles. The maximum atomic E-state index is 11.5. The van der Waals surface area contributed by atoms with Gasteiger partial charge in [-0.1, -0.05) is 0 Å². The summed E-state index contributed by atoms with van der Waals surface area (Å²) >= 11 is 0. The number of pyridine rings is 1. The minimum Gasteiger partial charge on any atom is -0.508 e. The monoisotopic (exact) mass is 203 g/mol. The standard InChI is InChI=1S/C11H9NO3/c13-6-5-12-10-7-9(14)3-1-8(10)2-4-11(12)15/h1-4,6-7,14H,5H2. The fourth-order valence-electron chi connectivity index (χ4n) is 1.54. The lowest BCUT2D eigenvalue weighted by molar-refractivity contribution is -0.108. The molecular formula is C11H9NO3. The van der Waals surface area contributed by atoms with Gasteiger partial charge in [0.05, 0.1) is 12.1 Å². The van der Waals surface area contributed by atoms with Crippen LogP contribution in [0.5, 0.6) is 5.75 Å². The highest BCUT2D eigenvalue weighted by Crippen LogP contribution is 2.17. The predicted molar refractivity (Wildman–Crippen MR) is 55.9 cm³/mol. The molecule has 76 valence electrons. The van der Waals surface area contributed by atoms with Crippen molar-refractivity contribution in [1.29, 1.82) is 0 Å². The van der Waals surface area contributed by atoms with Crippen LogP contribution in [0.15, 0.2) is 35.1 Å². The summed E-state index contributed by atoms with van der Waals surface area (Å²) in [5.74, 6) is 0.0766. The Morgan fingerprint density at radius 3 is 2.73 bits per heavy atom. The zero-order valence-electron chi connectivity index (χ0n) is 7.88. The Morgan fingerprint density at radius 2 is 2.00 bits per heavy atom. The largest absolute Gasteiger partial charge is 0.508 e. The van der Waals surface area contributed by atoms with E-state index in [4.69, 9.17) is 0 Å². The summed E-state index contributed by atoms with van der Waals surface area (Å²) in [6.07, 6.45) is 0.658. The average Bonchev–Trinajstić information content (AvgIpc) is 2.23. The molecule has 1 N–H and O–H groups in total. The molecule has 0 atom stereocenters. The second kappa shape index (κ2) is 3.57. The van der Waals surface area contributed by atoms with Crippen molar-refractivity contribution >= 4 is 17.2 Å². The highest BCUT2D eigenvalue weighted by Gasteiger charge is 2.02. The molecule has 2 rings (SSSR count). The molecule has 1 heterocycles. The normalized spacial score (nSPS) is 10.4. The SMILES string of the molecule is O=CCn1c(=O)ccc2ccc(O)cc21. The molecule has 0 unspecified atom stereocenters. The number of carbonyl (C=O) groups is 1. The first-order chi connectivity index (χ1) is 7.22. The molecule has 15 heavy (non-hydrogen) atoms. The topological polar surface area (TPSA) is 59.3 Å². The van der Waals surface area contributed by atoms with E-state index in [1.54, 1.807) is 12.1 Å². The highest BCUT2D eigenvalue weighted by molar-refractivity contribution is 5.81. The molecule has 1 aromatic carbocycles. The first kappa shape index (κ1) is 9.45. The van der Waals surface area contributed by atoms with Crippen molar-refractivity contribution in [2.45, 2.75) is 6.54 Å². The molecule has 2 aromatic rings. The summed E-state index contributed by atoms with van der Waals surface area (Å²) in [6, 6.07) is 7.78. The zero-order chi connectivity index (χ0) is 10.8. The lowest BCUT2D eigenvalue weighted by Gasteiger charge is -2.06. The van der Waals surface area contributed by atoms with Gasteiger partial charge in [-0.15, -0.1) is 0 Å². The van der Waals surface area contributed by atoms with Gasteiger partial charge in [-0.3, -0.25) is 4.79 Å². The molecule has 0 aliphatic rings. The zero-order valence-corrected chi connectivity index (χ0v) is 7.88. The number of nitrogens with zero attached hydrogens (tertiary/aromatic N) is 1. The molecule has 0 fully saturated rings. The number of carbonyl (C=O) groups excluding carboxylic acids is 1. The molecule has 0 saturated carbocycles. The Bertz CT molecular complexity index is 572. The number of phenols is 1. The van der Waals surface area contributed by atoms with Crippen molar-refractivity contribution in [2.75, 3.05) is 0 Å². The predicted octanol–water partition coefficient (Wildman–Crippen LogP) is 0.906. The van der Waals surface area contributed by atoms with Crippen molar-refractivity contribution < 1.29 is 9.90 Å². The van der Waals surface area contributed by atoms with Crippen molar-refractivity contribution in [3.63, 3.8) is 0 Å². The minimum absolute atomic E-state index is 0.000370. The van der Waals surface area contributed by atoms with Gasteiger partial charge in [-0.2, -0.15) is 0 Å². The minimum atomic E-state index is -0.250. The number of aldehydes is 1. The van der Waals surface area contributed by atoms with E-state index in [1.165, 1.54) is 22.8 Å². The molecular weight excluding hydrogens is 194 g/mol. The van der Waals surface area contributed by atoms with Crippen LogP contribution in [-0.2, 0) is 11.3 Å². The van der Waals surface area contributed by atoms with Gasteiger partial charge in [-0.25, -0.2) is 0 Å². The van der Waals surface area contributed by atoms with Gasteiger partial charge in [0.25, 0.3) is 5.56 Å². The van der Waals surface area contributed by atoms with E-state index in [-0.39, 0.29) is 17.9 Å². The van der Waals surface area contributed by atoms with Crippen LogP contribution in [-0.4, -0.2) is 16.0 Å². The summed E-state index contributed by atoms with van der Waals surface area (Å²) in [5.41, 5.74) is 0.315. The van der Waals surface area contributed by atoms with E-state index in [1.807, 2.05) is 0 Å². The second-order valence-corrected chi connectivity index (χ2v) is 3.19. The number of aromatic hydroxyl groups is 1. The van der Waals surface area contributed by atoms with Gasteiger partial charge < -0.3 is 14.5 Å². The maximum Gasteiger partial charge on any atom is 0.251 e. The summed E-state index contributed by atoms with van der Waals surface area (Å²) < 4.78 is 1.32. The number of benzene rings is 1. The summed E-state index contributed by atoms with van der Waals surface area (Å²) in [7, 11) is 0. The number of rotatable bonds is 2. The molecule has 1 aromatic heterocycles. The van der Waals surface area contributed by atoms with E-state index in [2.05, 4.69) is 0 Å². The van der Waals surface area contributed by atoms with Crippen LogP contribution in [0.2, 0.25) is 0 Å². The molecule has 0 spiro atoms. The van der Waals surface area contributed by atoms with Gasteiger partial charge in [-0.05, 0) is 23.6 Å². The van der Waals surface area contributed by atoms with Crippen LogP contribution in [0.3, 0.4) is 0 Å². The summed E-state index contributed by atoms with van der Waals surface area (Å²) in [4.78, 5) is 21.9. The van der Waals surface area contributed by atoms with Gasteiger partial charge in [0, 0.05) is 12.1 Å². The molecule has 0 bridgehead atoms. The van der Waals surface area contributed by atoms with Crippen molar-refractivity contribution in [3.8, 4) is 5.75 Å². The first-order valence-corrected chi connectivity index (χ1v) is 4.48. The Hall–Kier alpha value is -2.10. The van der Waals surface area contributed by atoms with Crippen LogP contribution in [0.1, 0.15) is 0 Å². The summed E-state index contributed by atoms with van der Waals surface area (Å²) in [6.45, 7) is -0.000370. The quantitative estimate of drug-likeness (QED) is 0.738. The van der Waals surface area contributed by atoms with Crippen LogP contribution in [0, 0.1) is 0 Å². The van der Waals surface area contributed by atoms with Crippen LogP contribution >= 0.6 is 0 Å². The molecule has 0 aliphatic heterocycles. The van der Waals surface area contributed by atoms with Gasteiger partial charge in [0.2, 0.25) is 0 Å². The van der Waals surface area contributed by atoms with Gasteiger partial charge in [0.1, 0.15) is 12.0 Å². The third kappa shape index (κ3) is 1.61. The lowest BCUT2D eigenvalue weighted by Crippen LogP contribution is -2.19. The fourth-order valence-corrected chi connectivity index (χ4v) is 1.54. The van der Waals surface area contributed by atoms with Crippen LogP contribution in [0.25, 0.3) is 10.9 Å². The van der Waals surface area contributed by atoms with E-state index >= 15 is 0 Å². The average molecular weight is 203 g/mol. The van der Waals surface area contributed by atoms with Crippen LogP contribution < -0.4 is 5.56 Å². The van der Waals surface area contributed by atoms with E-state index < -0.39 is 0 Å². The Morgan fingerprint density at radius 1 is 1.27 bits per heavy atom. The number of phenolic OH excluding ortho intramolecular Hbond substituents is 1. The molecule has 0 amide bonds. The lowest BCUT2D eigenvalue weighted by atomic mass is 10.2. The molecule has 4 heteroatoms. The van der Waals surface area contributed by atoms with Gasteiger partial charge >= 0.3 is 0 Å². The van der Waals surface area contributed by atoms with E-state index in [9.17, 15) is 14.7 Å². The smallest absolute Gasteiger partial charge is 0.251 e. The highest BCUT2D eigenvalue weighted by atomic mass is 16.3.